The Morgan fingerprint density at radius 1 is 1.06 bits per heavy atom. The molecule has 0 unspecified atom stereocenters. The van der Waals surface area contributed by atoms with Gasteiger partial charge in [0.25, 0.3) is 0 Å². The smallest absolute Gasteiger partial charge is 0.342 e. The Morgan fingerprint density at radius 3 is 2.29 bits per heavy atom. The SMILES string of the molecule is COc1c(C)c(=O)oc2c(C)cc(C)c(C)c12. The second-order valence-electron chi connectivity index (χ2n) is 4.39. The molecule has 0 aliphatic heterocycles. The predicted octanol–water partition coefficient (Wildman–Crippen LogP) is 3.04. The quantitative estimate of drug-likeness (QED) is 0.709. The molecule has 1 aromatic carbocycles. The van der Waals surface area contributed by atoms with E-state index in [1.165, 1.54) is 5.56 Å². The third kappa shape index (κ3) is 1.62. The predicted molar refractivity (Wildman–Crippen MR) is 68.0 cm³/mol. The number of hydrogen-bond acceptors (Lipinski definition) is 3. The summed E-state index contributed by atoms with van der Waals surface area (Å²) < 4.78 is 10.7. The van der Waals surface area contributed by atoms with Crippen LogP contribution in [0, 0.1) is 27.7 Å². The van der Waals surface area contributed by atoms with Gasteiger partial charge in [0.2, 0.25) is 0 Å². The van der Waals surface area contributed by atoms with Crippen LogP contribution in [0.25, 0.3) is 11.0 Å². The Bertz CT molecular complexity index is 651. The first-order chi connectivity index (χ1) is 7.97. The number of methoxy groups -OCH3 is 1. The zero-order chi connectivity index (χ0) is 12.7. The van der Waals surface area contributed by atoms with Crippen LogP contribution in [0.2, 0.25) is 0 Å². The van der Waals surface area contributed by atoms with Crippen LogP contribution < -0.4 is 10.4 Å². The van der Waals surface area contributed by atoms with E-state index in [2.05, 4.69) is 0 Å². The molecule has 0 saturated carbocycles. The molecule has 1 aromatic heterocycles. The minimum Gasteiger partial charge on any atom is -0.495 e. The Balaban J connectivity index is 3.12. The standard InChI is InChI=1S/C14H16O3/c1-7-6-8(2)12-11(9(7)3)13(16-5)10(4)14(15)17-12/h6H,1-5H3. The van der Waals surface area contributed by atoms with Gasteiger partial charge in [-0.1, -0.05) is 6.07 Å². The maximum Gasteiger partial charge on any atom is 0.342 e. The fourth-order valence-electron chi connectivity index (χ4n) is 2.17. The highest BCUT2D eigenvalue weighted by Gasteiger charge is 2.16. The Hall–Kier alpha value is -1.77. The summed E-state index contributed by atoms with van der Waals surface area (Å²) in [5, 5.41) is 0.905. The molecular weight excluding hydrogens is 216 g/mol. The summed E-state index contributed by atoms with van der Waals surface area (Å²) in [6.07, 6.45) is 0. The second-order valence-corrected chi connectivity index (χ2v) is 4.39. The molecule has 0 amide bonds. The molecule has 3 heteroatoms. The number of rotatable bonds is 1. The normalized spacial score (nSPS) is 10.9. The van der Waals surface area contributed by atoms with Gasteiger partial charge >= 0.3 is 5.63 Å². The summed E-state index contributed by atoms with van der Waals surface area (Å²) in [5.74, 6) is 0.626. The van der Waals surface area contributed by atoms with Crippen LogP contribution >= 0.6 is 0 Å². The number of fused-ring (bicyclic) bond motifs is 1. The topological polar surface area (TPSA) is 39.4 Å². The summed E-state index contributed by atoms with van der Waals surface area (Å²) in [4.78, 5) is 11.7. The fourth-order valence-corrected chi connectivity index (χ4v) is 2.17. The highest BCUT2D eigenvalue weighted by Crippen LogP contribution is 2.33. The Labute approximate surface area is 100 Å². The molecule has 0 bridgehead atoms. The summed E-state index contributed by atoms with van der Waals surface area (Å²) in [6.45, 7) is 7.72. The molecular formula is C14H16O3. The van der Waals surface area contributed by atoms with Gasteiger partial charge in [0.05, 0.1) is 18.1 Å². The van der Waals surface area contributed by atoms with E-state index in [-0.39, 0.29) is 5.63 Å². The van der Waals surface area contributed by atoms with Crippen LogP contribution in [0.3, 0.4) is 0 Å². The Kier molecular flexibility index (Phi) is 2.69. The lowest BCUT2D eigenvalue weighted by atomic mass is 9.99. The molecule has 1 heterocycles. The van der Waals surface area contributed by atoms with Gasteiger partial charge in [-0.2, -0.15) is 0 Å². The number of benzene rings is 1. The first-order valence-corrected chi connectivity index (χ1v) is 5.55. The maximum atomic E-state index is 11.7. The summed E-state index contributed by atoms with van der Waals surface area (Å²) in [6, 6.07) is 2.02. The van der Waals surface area contributed by atoms with Crippen molar-refractivity contribution in [2.24, 2.45) is 0 Å². The lowest BCUT2D eigenvalue weighted by molar-refractivity contribution is 0.408. The molecule has 90 valence electrons. The maximum absolute atomic E-state index is 11.7. The molecule has 2 aromatic rings. The first kappa shape index (κ1) is 11.7. The van der Waals surface area contributed by atoms with E-state index < -0.39 is 0 Å². The van der Waals surface area contributed by atoms with Gasteiger partial charge in [-0.05, 0) is 44.4 Å². The van der Waals surface area contributed by atoms with Crippen LogP contribution in [0.15, 0.2) is 15.3 Å². The summed E-state index contributed by atoms with van der Waals surface area (Å²) >= 11 is 0. The average Bonchev–Trinajstić information content (AvgIpc) is 2.28. The van der Waals surface area contributed by atoms with Gasteiger partial charge in [-0.15, -0.1) is 0 Å². The largest absolute Gasteiger partial charge is 0.495 e. The zero-order valence-corrected chi connectivity index (χ0v) is 10.8. The van der Waals surface area contributed by atoms with Crippen LogP contribution in [0.5, 0.6) is 5.75 Å². The molecule has 0 radical (unpaired) electrons. The molecule has 0 aliphatic rings. The molecule has 0 N–H and O–H groups in total. The summed E-state index contributed by atoms with van der Waals surface area (Å²) in [7, 11) is 1.58. The fraction of sp³-hybridized carbons (Fsp3) is 0.357. The van der Waals surface area contributed by atoms with Crippen molar-refractivity contribution in [2.45, 2.75) is 27.7 Å². The molecule has 0 atom stereocenters. The zero-order valence-electron chi connectivity index (χ0n) is 10.8. The van der Waals surface area contributed by atoms with Gasteiger partial charge in [0, 0.05) is 0 Å². The van der Waals surface area contributed by atoms with Crippen LogP contribution in [-0.2, 0) is 0 Å². The van der Waals surface area contributed by atoms with E-state index in [9.17, 15) is 4.79 Å². The molecule has 0 spiro atoms. The van der Waals surface area contributed by atoms with Gasteiger partial charge < -0.3 is 9.15 Å². The van der Waals surface area contributed by atoms with Crippen LogP contribution in [0.1, 0.15) is 22.3 Å². The first-order valence-electron chi connectivity index (χ1n) is 5.55. The Morgan fingerprint density at radius 2 is 1.71 bits per heavy atom. The van der Waals surface area contributed by atoms with Crippen molar-refractivity contribution < 1.29 is 9.15 Å². The van der Waals surface area contributed by atoms with Crippen molar-refractivity contribution in [1.82, 2.24) is 0 Å². The minimum absolute atomic E-state index is 0.333. The average molecular weight is 232 g/mol. The van der Waals surface area contributed by atoms with E-state index in [0.29, 0.717) is 16.9 Å². The third-order valence-corrected chi connectivity index (χ3v) is 3.26. The molecule has 3 nitrogen and oxygen atoms in total. The molecule has 0 fully saturated rings. The van der Waals surface area contributed by atoms with E-state index in [4.69, 9.17) is 9.15 Å². The number of aryl methyl sites for hydroxylation is 3. The van der Waals surface area contributed by atoms with E-state index in [0.717, 1.165) is 16.5 Å². The van der Waals surface area contributed by atoms with Crippen molar-refractivity contribution in [3.63, 3.8) is 0 Å². The van der Waals surface area contributed by atoms with Gasteiger partial charge in [0.15, 0.2) is 0 Å². The number of ether oxygens (including phenoxy) is 1. The van der Waals surface area contributed by atoms with Crippen LogP contribution in [0.4, 0.5) is 0 Å². The van der Waals surface area contributed by atoms with Gasteiger partial charge in [-0.3, -0.25) is 0 Å². The highest BCUT2D eigenvalue weighted by atomic mass is 16.5. The van der Waals surface area contributed by atoms with Crippen LogP contribution in [-0.4, -0.2) is 7.11 Å². The minimum atomic E-state index is -0.333. The van der Waals surface area contributed by atoms with E-state index in [1.807, 2.05) is 26.8 Å². The monoisotopic (exact) mass is 232 g/mol. The van der Waals surface area contributed by atoms with Gasteiger partial charge in [0.1, 0.15) is 11.3 Å². The molecule has 2 rings (SSSR count). The van der Waals surface area contributed by atoms with Crippen molar-refractivity contribution in [1.29, 1.82) is 0 Å². The highest BCUT2D eigenvalue weighted by molar-refractivity contribution is 5.90. The number of hydrogen-bond donors (Lipinski definition) is 0. The molecule has 0 aliphatic carbocycles. The lowest BCUT2D eigenvalue weighted by Gasteiger charge is -2.13. The molecule has 17 heavy (non-hydrogen) atoms. The summed E-state index contributed by atoms with van der Waals surface area (Å²) in [5.41, 5.74) is 4.03. The third-order valence-electron chi connectivity index (χ3n) is 3.26. The van der Waals surface area contributed by atoms with Gasteiger partial charge in [-0.25, -0.2) is 4.79 Å². The van der Waals surface area contributed by atoms with Crippen molar-refractivity contribution in [3.05, 3.63) is 38.7 Å². The second kappa shape index (κ2) is 3.91. The van der Waals surface area contributed by atoms with Crippen molar-refractivity contribution in [2.75, 3.05) is 7.11 Å². The lowest BCUT2D eigenvalue weighted by Crippen LogP contribution is -2.07. The molecule has 0 saturated heterocycles. The van der Waals surface area contributed by atoms with E-state index in [1.54, 1.807) is 14.0 Å². The van der Waals surface area contributed by atoms with Crippen molar-refractivity contribution in [3.8, 4) is 5.75 Å². The van der Waals surface area contributed by atoms with Crippen molar-refractivity contribution >= 4 is 11.0 Å². The van der Waals surface area contributed by atoms with E-state index >= 15 is 0 Å².